The summed E-state index contributed by atoms with van der Waals surface area (Å²) in [5.41, 5.74) is 2.64. The van der Waals surface area contributed by atoms with Crippen molar-refractivity contribution in [3.05, 3.63) is 28.2 Å². The summed E-state index contributed by atoms with van der Waals surface area (Å²) in [5.74, 6) is 0. The van der Waals surface area contributed by atoms with Gasteiger partial charge in [-0.25, -0.2) is 0 Å². The summed E-state index contributed by atoms with van der Waals surface area (Å²) in [6.45, 7) is 4.23. The van der Waals surface area contributed by atoms with Gasteiger partial charge in [0.1, 0.15) is 0 Å². The molecular weight excluding hydrogens is 240 g/mol. The van der Waals surface area contributed by atoms with E-state index < -0.39 is 0 Å². The molecule has 1 aromatic carbocycles. The average molecular weight is 255 g/mol. The minimum Gasteiger partial charge on any atom is -0.384 e. The maximum atomic E-state index is 3.57. The van der Waals surface area contributed by atoms with E-state index in [4.69, 9.17) is 0 Å². The molecule has 0 amide bonds. The van der Waals surface area contributed by atoms with E-state index in [0.717, 1.165) is 24.0 Å². The summed E-state index contributed by atoms with van der Waals surface area (Å²) in [4.78, 5) is 0. The molecular formula is C11H15BrN2. The molecule has 0 aromatic heterocycles. The average Bonchev–Trinajstić information content (AvgIpc) is 2.20. The van der Waals surface area contributed by atoms with Crippen molar-refractivity contribution in [2.24, 2.45) is 0 Å². The molecule has 2 N–H and O–H groups in total. The first-order valence-corrected chi connectivity index (χ1v) is 5.88. The van der Waals surface area contributed by atoms with Gasteiger partial charge in [-0.3, -0.25) is 0 Å². The molecule has 0 aliphatic carbocycles. The van der Waals surface area contributed by atoms with Crippen LogP contribution in [0.4, 0.5) is 5.69 Å². The van der Waals surface area contributed by atoms with Gasteiger partial charge in [0.05, 0.1) is 5.69 Å². The lowest BCUT2D eigenvalue weighted by Gasteiger charge is -2.28. The highest BCUT2D eigenvalue weighted by molar-refractivity contribution is 9.10. The number of fused-ring (bicyclic) bond motifs is 1. The molecule has 14 heavy (non-hydrogen) atoms. The fourth-order valence-corrected chi connectivity index (χ4v) is 2.49. The lowest BCUT2D eigenvalue weighted by atomic mass is 9.98. The molecule has 2 rings (SSSR count). The molecule has 0 bridgehead atoms. The van der Waals surface area contributed by atoms with Crippen LogP contribution in [0.5, 0.6) is 0 Å². The number of hydrogen-bond donors (Lipinski definition) is 2. The van der Waals surface area contributed by atoms with Crippen LogP contribution < -0.4 is 10.6 Å². The summed E-state index contributed by atoms with van der Waals surface area (Å²) in [6, 6.07) is 6.88. The number of benzene rings is 1. The number of nitrogens with one attached hydrogen (secondary N) is 2. The number of hydrogen-bond acceptors (Lipinski definition) is 2. The molecule has 0 radical (unpaired) electrons. The second kappa shape index (κ2) is 4.32. The van der Waals surface area contributed by atoms with Gasteiger partial charge in [0.25, 0.3) is 0 Å². The Kier molecular flexibility index (Phi) is 3.08. The van der Waals surface area contributed by atoms with Crippen molar-refractivity contribution in [3.8, 4) is 0 Å². The number of halogens is 1. The third-order valence-corrected chi connectivity index (χ3v) is 3.27. The first-order chi connectivity index (χ1) is 6.83. The normalized spacial score (nSPS) is 20.0. The summed E-state index contributed by atoms with van der Waals surface area (Å²) in [7, 11) is 0. The minimum absolute atomic E-state index is 0.508. The fourth-order valence-electron chi connectivity index (χ4n) is 1.97. The molecule has 1 atom stereocenters. The van der Waals surface area contributed by atoms with Gasteiger partial charge in [-0.05, 0) is 40.5 Å². The van der Waals surface area contributed by atoms with Crippen LogP contribution in [0, 0.1) is 0 Å². The Labute approximate surface area is 93.2 Å². The standard InChI is InChI=1S/C11H15BrN2/c1-2-13-10-6-7-14-11-8(10)4-3-5-9(11)12/h3-5,10,13-14H,2,6-7H2,1H3. The van der Waals surface area contributed by atoms with E-state index in [2.05, 4.69) is 51.7 Å². The number of rotatable bonds is 2. The predicted molar refractivity (Wildman–Crippen MR) is 63.7 cm³/mol. The first-order valence-electron chi connectivity index (χ1n) is 5.08. The quantitative estimate of drug-likeness (QED) is 0.849. The van der Waals surface area contributed by atoms with E-state index in [1.54, 1.807) is 0 Å². The summed E-state index contributed by atoms with van der Waals surface area (Å²) in [5, 5.41) is 6.94. The highest BCUT2D eigenvalue weighted by atomic mass is 79.9. The van der Waals surface area contributed by atoms with E-state index in [1.165, 1.54) is 11.3 Å². The van der Waals surface area contributed by atoms with E-state index >= 15 is 0 Å². The van der Waals surface area contributed by atoms with Crippen LogP contribution in [-0.2, 0) is 0 Å². The zero-order valence-corrected chi connectivity index (χ0v) is 9.89. The first kappa shape index (κ1) is 9.99. The summed E-state index contributed by atoms with van der Waals surface area (Å²) >= 11 is 3.57. The largest absolute Gasteiger partial charge is 0.384 e. The van der Waals surface area contributed by atoms with Gasteiger partial charge in [-0.15, -0.1) is 0 Å². The smallest absolute Gasteiger partial charge is 0.0533 e. The molecule has 1 aliphatic heterocycles. The number of anilines is 1. The van der Waals surface area contributed by atoms with Gasteiger partial charge in [0.15, 0.2) is 0 Å². The minimum atomic E-state index is 0.508. The van der Waals surface area contributed by atoms with Crippen LogP contribution in [0.25, 0.3) is 0 Å². The highest BCUT2D eigenvalue weighted by Gasteiger charge is 2.19. The Morgan fingerprint density at radius 3 is 3.21 bits per heavy atom. The van der Waals surface area contributed by atoms with Crippen molar-refractivity contribution in [1.82, 2.24) is 5.32 Å². The molecule has 1 aromatic rings. The van der Waals surface area contributed by atoms with Gasteiger partial charge in [-0.2, -0.15) is 0 Å². The monoisotopic (exact) mass is 254 g/mol. The van der Waals surface area contributed by atoms with Crippen LogP contribution in [0.15, 0.2) is 22.7 Å². The van der Waals surface area contributed by atoms with E-state index in [9.17, 15) is 0 Å². The van der Waals surface area contributed by atoms with Crippen molar-refractivity contribution in [1.29, 1.82) is 0 Å². The van der Waals surface area contributed by atoms with Gasteiger partial charge >= 0.3 is 0 Å². The maximum Gasteiger partial charge on any atom is 0.0533 e. The third kappa shape index (κ3) is 1.79. The molecule has 2 nitrogen and oxygen atoms in total. The summed E-state index contributed by atoms with van der Waals surface area (Å²) < 4.78 is 1.16. The molecule has 0 spiro atoms. The van der Waals surface area contributed by atoms with Crippen molar-refractivity contribution in [3.63, 3.8) is 0 Å². The molecule has 0 fully saturated rings. The SMILES string of the molecule is CCNC1CCNc2c(Br)cccc21. The van der Waals surface area contributed by atoms with Crippen LogP contribution in [0.3, 0.4) is 0 Å². The molecule has 76 valence electrons. The van der Waals surface area contributed by atoms with Crippen molar-refractivity contribution < 1.29 is 0 Å². The van der Waals surface area contributed by atoms with E-state index in [0.29, 0.717) is 6.04 Å². The predicted octanol–water partition coefficient (Wildman–Crippen LogP) is 2.92. The van der Waals surface area contributed by atoms with Crippen LogP contribution in [-0.4, -0.2) is 13.1 Å². The lowest BCUT2D eigenvalue weighted by molar-refractivity contribution is 0.517. The molecule has 1 unspecified atom stereocenters. The van der Waals surface area contributed by atoms with Crippen molar-refractivity contribution in [2.75, 3.05) is 18.4 Å². The van der Waals surface area contributed by atoms with Gasteiger partial charge in [0.2, 0.25) is 0 Å². The van der Waals surface area contributed by atoms with Crippen LogP contribution in [0.1, 0.15) is 24.9 Å². The zero-order valence-electron chi connectivity index (χ0n) is 8.31. The van der Waals surface area contributed by atoms with E-state index in [-0.39, 0.29) is 0 Å². The Morgan fingerprint density at radius 2 is 2.43 bits per heavy atom. The molecule has 0 saturated carbocycles. The highest BCUT2D eigenvalue weighted by Crippen LogP contribution is 2.35. The Balaban J connectivity index is 2.34. The second-order valence-corrected chi connectivity index (χ2v) is 4.38. The Hall–Kier alpha value is -0.540. The molecule has 1 aliphatic rings. The van der Waals surface area contributed by atoms with Gasteiger partial charge < -0.3 is 10.6 Å². The fraction of sp³-hybridized carbons (Fsp3) is 0.455. The van der Waals surface area contributed by atoms with E-state index in [1.807, 2.05) is 0 Å². The zero-order chi connectivity index (χ0) is 9.97. The maximum absolute atomic E-state index is 3.57. The third-order valence-electron chi connectivity index (χ3n) is 2.61. The molecule has 0 saturated heterocycles. The topological polar surface area (TPSA) is 24.1 Å². The number of para-hydroxylation sites is 1. The molecule has 1 heterocycles. The van der Waals surface area contributed by atoms with Crippen molar-refractivity contribution >= 4 is 21.6 Å². The van der Waals surface area contributed by atoms with Gasteiger partial charge in [-0.1, -0.05) is 19.1 Å². The van der Waals surface area contributed by atoms with Gasteiger partial charge in [0, 0.05) is 17.1 Å². The lowest BCUT2D eigenvalue weighted by Crippen LogP contribution is -2.28. The Morgan fingerprint density at radius 1 is 1.57 bits per heavy atom. The van der Waals surface area contributed by atoms with Crippen LogP contribution >= 0.6 is 15.9 Å². The summed E-state index contributed by atoms with van der Waals surface area (Å²) in [6.07, 6.45) is 1.16. The van der Waals surface area contributed by atoms with Crippen LogP contribution in [0.2, 0.25) is 0 Å². The molecule has 3 heteroatoms. The second-order valence-electron chi connectivity index (χ2n) is 3.53. The Bertz CT molecular complexity index is 325. The van der Waals surface area contributed by atoms with Crippen molar-refractivity contribution in [2.45, 2.75) is 19.4 Å².